The maximum absolute atomic E-state index is 5.66. The molecule has 118 valence electrons. The van der Waals surface area contributed by atoms with Crippen LogP contribution in [0.3, 0.4) is 0 Å². The lowest BCUT2D eigenvalue weighted by atomic mass is 10.0. The second-order valence-corrected chi connectivity index (χ2v) is 7.13. The minimum Gasteiger partial charge on any atom is -0.376 e. The minimum atomic E-state index is 0.374. The quantitative estimate of drug-likeness (QED) is 0.850. The van der Waals surface area contributed by atoms with Gasteiger partial charge in [0, 0.05) is 32.2 Å². The maximum atomic E-state index is 5.66. The summed E-state index contributed by atoms with van der Waals surface area (Å²) >= 11 is 1.69. The van der Waals surface area contributed by atoms with Gasteiger partial charge in [-0.25, -0.2) is 9.97 Å². The van der Waals surface area contributed by atoms with Crippen LogP contribution in [0.25, 0.3) is 10.2 Å². The molecule has 0 aromatic carbocycles. The van der Waals surface area contributed by atoms with Crippen molar-refractivity contribution in [2.75, 3.05) is 37.7 Å². The Labute approximate surface area is 134 Å². The van der Waals surface area contributed by atoms with Gasteiger partial charge in [-0.3, -0.25) is 4.90 Å². The summed E-state index contributed by atoms with van der Waals surface area (Å²) in [6.45, 7) is 7.37. The zero-order valence-electron chi connectivity index (χ0n) is 12.9. The van der Waals surface area contributed by atoms with Gasteiger partial charge < -0.3 is 9.64 Å². The monoisotopic (exact) mass is 318 g/mol. The average molecular weight is 318 g/mol. The first kappa shape index (κ1) is 14.4. The fraction of sp³-hybridized carbons (Fsp3) is 0.625. The van der Waals surface area contributed by atoms with Crippen LogP contribution in [0.2, 0.25) is 0 Å². The Morgan fingerprint density at radius 3 is 2.91 bits per heavy atom. The predicted octanol–water partition coefficient (Wildman–Crippen LogP) is 2.38. The molecule has 0 unspecified atom stereocenters. The zero-order chi connectivity index (χ0) is 14.9. The fourth-order valence-electron chi connectivity index (χ4n) is 3.65. The van der Waals surface area contributed by atoms with Crippen LogP contribution < -0.4 is 4.90 Å². The van der Waals surface area contributed by atoms with Crippen LogP contribution in [-0.4, -0.2) is 59.8 Å². The van der Waals surface area contributed by atoms with E-state index in [-0.39, 0.29) is 0 Å². The molecule has 0 amide bonds. The Bertz CT molecular complexity index is 638. The molecule has 2 aliphatic heterocycles. The summed E-state index contributed by atoms with van der Waals surface area (Å²) in [7, 11) is 0. The molecule has 4 heterocycles. The molecule has 1 atom stereocenters. The van der Waals surface area contributed by atoms with Crippen molar-refractivity contribution < 1.29 is 4.74 Å². The number of thiophene rings is 1. The van der Waals surface area contributed by atoms with E-state index in [1.165, 1.54) is 18.2 Å². The van der Waals surface area contributed by atoms with Crippen molar-refractivity contribution in [1.82, 2.24) is 14.9 Å². The van der Waals surface area contributed by atoms with Crippen LogP contribution in [0.15, 0.2) is 17.8 Å². The number of piperidine rings is 1. The standard InChI is InChI=1S/C16H22N4OS/c1-12-10-20(7-8-21-12)13-2-5-19(6-3-13)15-14-4-9-22-16(14)18-11-17-15/h4,9,11-13H,2-3,5-8,10H2,1H3/t12-/m0/s1. The van der Waals surface area contributed by atoms with Gasteiger partial charge in [0.1, 0.15) is 17.0 Å². The molecule has 2 aromatic heterocycles. The molecule has 6 heteroatoms. The molecule has 2 fully saturated rings. The van der Waals surface area contributed by atoms with Gasteiger partial charge in [-0.15, -0.1) is 11.3 Å². The van der Waals surface area contributed by atoms with Crippen molar-refractivity contribution in [3.63, 3.8) is 0 Å². The Morgan fingerprint density at radius 1 is 1.23 bits per heavy atom. The number of nitrogens with zero attached hydrogens (tertiary/aromatic N) is 4. The number of anilines is 1. The van der Waals surface area contributed by atoms with Crippen molar-refractivity contribution in [3.8, 4) is 0 Å². The van der Waals surface area contributed by atoms with Gasteiger partial charge in [-0.2, -0.15) is 0 Å². The molecule has 0 bridgehead atoms. The number of morpholine rings is 1. The summed E-state index contributed by atoms with van der Waals surface area (Å²) in [5.41, 5.74) is 0. The second-order valence-electron chi connectivity index (χ2n) is 6.23. The minimum absolute atomic E-state index is 0.374. The SMILES string of the molecule is C[C@H]1CN(C2CCN(c3ncnc4sccc34)CC2)CCO1. The van der Waals surface area contributed by atoms with Crippen molar-refractivity contribution in [3.05, 3.63) is 17.8 Å². The maximum Gasteiger partial charge on any atom is 0.140 e. The first-order valence-corrected chi connectivity index (χ1v) is 8.98. The van der Waals surface area contributed by atoms with E-state index in [1.807, 2.05) is 0 Å². The van der Waals surface area contributed by atoms with Gasteiger partial charge in [0.15, 0.2) is 0 Å². The van der Waals surface area contributed by atoms with E-state index in [2.05, 4.69) is 38.1 Å². The lowest BCUT2D eigenvalue weighted by Gasteiger charge is -2.42. The van der Waals surface area contributed by atoms with E-state index in [0.29, 0.717) is 12.1 Å². The van der Waals surface area contributed by atoms with Gasteiger partial charge in [0.05, 0.1) is 18.1 Å². The van der Waals surface area contributed by atoms with Gasteiger partial charge in [0.25, 0.3) is 0 Å². The number of aromatic nitrogens is 2. The molecule has 0 spiro atoms. The van der Waals surface area contributed by atoms with E-state index in [4.69, 9.17) is 4.74 Å². The molecule has 22 heavy (non-hydrogen) atoms. The molecule has 2 aromatic rings. The summed E-state index contributed by atoms with van der Waals surface area (Å²) in [4.78, 5) is 15.0. The predicted molar refractivity (Wildman–Crippen MR) is 89.6 cm³/mol. The Balaban J connectivity index is 1.44. The molecule has 0 aliphatic carbocycles. The Hall–Kier alpha value is -1.24. The van der Waals surface area contributed by atoms with Gasteiger partial charge in [-0.1, -0.05) is 0 Å². The summed E-state index contributed by atoms with van der Waals surface area (Å²) in [6, 6.07) is 2.84. The Morgan fingerprint density at radius 2 is 2.09 bits per heavy atom. The highest BCUT2D eigenvalue weighted by Crippen LogP contribution is 2.29. The van der Waals surface area contributed by atoms with Crippen LogP contribution in [0.1, 0.15) is 19.8 Å². The average Bonchev–Trinajstić information content (AvgIpc) is 3.04. The second kappa shape index (κ2) is 6.10. The van der Waals surface area contributed by atoms with Crippen LogP contribution in [-0.2, 0) is 4.74 Å². The Kier molecular flexibility index (Phi) is 3.98. The van der Waals surface area contributed by atoms with Crippen LogP contribution >= 0.6 is 11.3 Å². The summed E-state index contributed by atoms with van der Waals surface area (Å²) in [5, 5.41) is 3.30. The number of ether oxygens (including phenoxy) is 1. The third-order valence-corrected chi connectivity index (χ3v) is 5.61. The highest BCUT2D eigenvalue weighted by atomic mass is 32.1. The van der Waals surface area contributed by atoms with Crippen molar-refractivity contribution in [2.45, 2.75) is 31.9 Å². The highest BCUT2D eigenvalue weighted by molar-refractivity contribution is 7.16. The van der Waals surface area contributed by atoms with Gasteiger partial charge in [0.2, 0.25) is 0 Å². The van der Waals surface area contributed by atoms with E-state index >= 15 is 0 Å². The molecule has 4 rings (SSSR count). The van der Waals surface area contributed by atoms with Crippen LogP contribution in [0.4, 0.5) is 5.82 Å². The molecular formula is C16H22N4OS. The van der Waals surface area contributed by atoms with Gasteiger partial charge in [-0.05, 0) is 31.2 Å². The summed E-state index contributed by atoms with van der Waals surface area (Å²) < 4.78 is 5.66. The number of hydrogen-bond acceptors (Lipinski definition) is 6. The smallest absolute Gasteiger partial charge is 0.140 e. The molecule has 5 nitrogen and oxygen atoms in total. The normalized spacial score (nSPS) is 25.0. The van der Waals surface area contributed by atoms with Gasteiger partial charge >= 0.3 is 0 Å². The molecular weight excluding hydrogens is 296 g/mol. The van der Waals surface area contributed by atoms with E-state index in [0.717, 1.165) is 43.4 Å². The zero-order valence-corrected chi connectivity index (χ0v) is 13.8. The molecule has 0 radical (unpaired) electrons. The van der Waals surface area contributed by atoms with E-state index in [9.17, 15) is 0 Å². The molecule has 2 aliphatic rings. The number of rotatable bonds is 2. The number of hydrogen-bond donors (Lipinski definition) is 0. The largest absolute Gasteiger partial charge is 0.376 e. The lowest BCUT2D eigenvalue weighted by Crippen LogP contribution is -2.51. The fourth-order valence-corrected chi connectivity index (χ4v) is 4.38. The number of fused-ring (bicyclic) bond motifs is 1. The molecule has 0 saturated carbocycles. The third kappa shape index (κ3) is 2.71. The van der Waals surface area contributed by atoms with E-state index in [1.54, 1.807) is 17.7 Å². The summed E-state index contributed by atoms with van der Waals surface area (Å²) in [6.07, 6.45) is 4.49. The first-order chi connectivity index (χ1) is 10.8. The third-order valence-electron chi connectivity index (χ3n) is 4.79. The van der Waals surface area contributed by atoms with E-state index < -0.39 is 0 Å². The van der Waals surface area contributed by atoms with Crippen LogP contribution in [0.5, 0.6) is 0 Å². The van der Waals surface area contributed by atoms with Crippen molar-refractivity contribution in [1.29, 1.82) is 0 Å². The topological polar surface area (TPSA) is 41.5 Å². The van der Waals surface area contributed by atoms with Crippen molar-refractivity contribution >= 4 is 27.4 Å². The van der Waals surface area contributed by atoms with Crippen LogP contribution in [0, 0.1) is 0 Å². The highest BCUT2D eigenvalue weighted by Gasteiger charge is 2.28. The summed E-state index contributed by atoms with van der Waals surface area (Å²) in [5.74, 6) is 1.11. The molecule has 2 saturated heterocycles. The lowest BCUT2D eigenvalue weighted by molar-refractivity contribution is -0.0373. The van der Waals surface area contributed by atoms with Crippen molar-refractivity contribution in [2.24, 2.45) is 0 Å². The molecule has 0 N–H and O–H groups in total. The first-order valence-electron chi connectivity index (χ1n) is 8.10.